The second-order valence-electron chi connectivity index (χ2n) is 4.88. The molecule has 0 saturated heterocycles. The molecule has 1 aromatic carbocycles. The lowest BCUT2D eigenvalue weighted by Crippen LogP contribution is -2.19. The van der Waals surface area contributed by atoms with Crippen molar-refractivity contribution >= 4 is 0 Å². The number of benzene rings is 1. The molecule has 0 aliphatic heterocycles. The Morgan fingerprint density at radius 3 is 2.80 bits per heavy atom. The number of aromatic nitrogens is 1. The van der Waals surface area contributed by atoms with Crippen molar-refractivity contribution in [3.8, 4) is 5.75 Å². The summed E-state index contributed by atoms with van der Waals surface area (Å²) in [6.07, 6.45) is 3.75. The first-order valence-corrected chi connectivity index (χ1v) is 7.07. The summed E-state index contributed by atoms with van der Waals surface area (Å²) >= 11 is 0. The van der Waals surface area contributed by atoms with Crippen LogP contribution in [-0.2, 0) is 6.54 Å². The van der Waals surface area contributed by atoms with Crippen molar-refractivity contribution in [2.24, 2.45) is 0 Å². The minimum atomic E-state index is 0.234. The van der Waals surface area contributed by atoms with Gasteiger partial charge in [0.25, 0.3) is 0 Å². The van der Waals surface area contributed by atoms with E-state index in [0.29, 0.717) is 6.61 Å². The lowest BCUT2D eigenvalue weighted by atomic mass is 10.1. The van der Waals surface area contributed by atoms with Gasteiger partial charge in [0.2, 0.25) is 0 Å². The third kappa shape index (κ3) is 3.58. The Morgan fingerprint density at radius 1 is 1.25 bits per heavy atom. The Kier molecular flexibility index (Phi) is 5.13. The molecule has 1 heterocycles. The molecule has 0 aliphatic rings. The van der Waals surface area contributed by atoms with E-state index in [1.165, 1.54) is 16.7 Å². The molecule has 0 spiro atoms. The highest BCUT2D eigenvalue weighted by atomic mass is 16.5. The first-order chi connectivity index (χ1) is 9.72. The average Bonchev–Trinajstić information content (AvgIpc) is 2.47. The lowest BCUT2D eigenvalue weighted by Gasteiger charge is -2.18. The average molecular weight is 270 g/mol. The number of hydrogen-bond acceptors (Lipinski definition) is 3. The topological polar surface area (TPSA) is 34.1 Å². The maximum atomic E-state index is 5.68. The van der Waals surface area contributed by atoms with Gasteiger partial charge < -0.3 is 10.1 Å². The smallest absolute Gasteiger partial charge is 0.124 e. The van der Waals surface area contributed by atoms with Gasteiger partial charge in [0, 0.05) is 30.5 Å². The number of ether oxygens (including phenoxy) is 1. The second-order valence-corrected chi connectivity index (χ2v) is 4.88. The van der Waals surface area contributed by atoms with Crippen molar-refractivity contribution in [1.29, 1.82) is 0 Å². The zero-order chi connectivity index (χ0) is 14.4. The van der Waals surface area contributed by atoms with Crippen LogP contribution in [0.25, 0.3) is 0 Å². The van der Waals surface area contributed by atoms with Crippen molar-refractivity contribution in [2.75, 3.05) is 6.61 Å². The van der Waals surface area contributed by atoms with Crippen LogP contribution >= 0.6 is 0 Å². The highest BCUT2D eigenvalue weighted by Crippen LogP contribution is 2.25. The normalized spacial score (nSPS) is 12.2. The molecule has 0 fully saturated rings. The number of rotatable bonds is 6. The quantitative estimate of drug-likeness (QED) is 0.870. The molecule has 2 rings (SSSR count). The maximum absolute atomic E-state index is 5.68. The van der Waals surface area contributed by atoms with Crippen molar-refractivity contribution in [2.45, 2.75) is 33.4 Å². The molecular weight excluding hydrogens is 248 g/mol. The highest BCUT2D eigenvalue weighted by molar-refractivity contribution is 5.35. The van der Waals surface area contributed by atoms with E-state index in [1.807, 2.05) is 43.6 Å². The monoisotopic (exact) mass is 270 g/mol. The van der Waals surface area contributed by atoms with Crippen LogP contribution in [0.15, 0.2) is 42.7 Å². The molecule has 0 radical (unpaired) electrons. The Morgan fingerprint density at radius 2 is 2.05 bits per heavy atom. The van der Waals surface area contributed by atoms with Crippen molar-refractivity contribution in [1.82, 2.24) is 10.3 Å². The molecule has 0 aliphatic carbocycles. The second kappa shape index (κ2) is 7.06. The molecule has 3 heteroatoms. The number of nitrogens with zero attached hydrogens (tertiary/aromatic N) is 1. The molecule has 20 heavy (non-hydrogen) atoms. The molecule has 1 atom stereocenters. The number of aryl methyl sites for hydroxylation is 1. The van der Waals surface area contributed by atoms with Crippen molar-refractivity contribution < 1.29 is 4.74 Å². The van der Waals surface area contributed by atoms with Crippen LogP contribution in [0.5, 0.6) is 5.75 Å². The first kappa shape index (κ1) is 14.5. The Bertz CT molecular complexity index is 554. The fourth-order valence-corrected chi connectivity index (χ4v) is 2.18. The van der Waals surface area contributed by atoms with Crippen LogP contribution < -0.4 is 10.1 Å². The maximum Gasteiger partial charge on any atom is 0.124 e. The third-order valence-electron chi connectivity index (χ3n) is 3.43. The molecule has 0 saturated carbocycles. The zero-order valence-corrected chi connectivity index (χ0v) is 12.4. The van der Waals surface area contributed by atoms with Gasteiger partial charge in [-0.05, 0) is 44.0 Å². The zero-order valence-electron chi connectivity index (χ0n) is 12.4. The van der Waals surface area contributed by atoms with E-state index in [-0.39, 0.29) is 6.04 Å². The Labute approximate surface area is 121 Å². The summed E-state index contributed by atoms with van der Waals surface area (Å²) in [5, 5.41) is 3.53. The van der Waals surface area contributed by atoms with Gasteiger partial charge in [-0.3, -0.25) is 4.98 Å². The SMILES string of the molecule is CCOc1ccccc1C(C)NCc1cnccc1C. The highest BCUT2D eigenvalue weighted by Gasteiger charge is 2.11. The fraction of sp³-hybridized carbons (Fsp3) is 0.353. The van der Waals surface area contributed by atoms with Gasteiger partial charge in [-0.2, -0.15) is 0 Å². The van der Waals surface area contributed by atoms with Gasteiger partial charge in [0.15, 0.2) is 0 Å². The van der Waals surface area contributed by atoms with Crippen LogP contribution in [0.4, 0.5) is 0 Å². The molecule has 1 N–H and O–H groups in total. The van der Waals surface area contributed by atoms with E-state index in [2.05, 4.69) is 30.2 Å². The van der Waals surface area contributed by atoms with Crippen LogP contribution in [0.2, 0.25) is 0 Å². The number of hydrogen-bond donors (Lipinski definition) is 1. The number of nitrogens with one attached hydrogen (secondary N) is 1. The van der Waals surface area contributed by atoms with E-state index in [1.54, 1.807) is 0 Å². The van der Waals surface area contributed by atoms with Gasteiger partial charge in [0.1, 0.15) is 5.75 Å². The van der Waals surface area contributed by atoms with Crippen LogP contribution in [-0.4, -0.2) is 11.6 Å². The Hall–Kier alpha value is -1.87. The molecule has 106 valence electrons. The summed E-state index contributed by atoms with van der Waals surface area (Å²) < 4.78 is 5.68. The molecule has 2 aromatic rings. The van der Waals surface area contributed by atoms with E-state index in [0.717, 1.165) is 12.3 Å². The molecular formula is C17H22N2O. The summed E-state index contributed by atoms with van der Waals surface area (Å²) in [7, 11) is 0. The van der Waals surface area contributed by atoms with Crippen molar-refractivity contribution in [3.63, 3.8) is 0 Å². The predicted molar refractivity (Wildman–Crippen MR) is 81.8 cm³/mol. The van der Waals surface area contributed by atoms with Gasteiger partial charge >= 0.3 is 0 Å². The van der Waals surface area contributed by atoms with Crippen LogP contribution in [0, 0.1) is 6.92 Å². The fourth-order valence-electron chi connectivity index (χ4n) is 2.18. The molecule has 0 amide bonds. The van der Waals surface area contributed by atoms with Crippen LogP contribution in [0.1, 0.15) is 36.6 Å². The molecule has 0 bridgehead atoms. The first-order valence-electron chi connectivity index (χ1n) is 7.07. The van der Waals surface area contributed by atoms with E-state index in [4.69, 9.17) is 4.74 Å². The number of para-hydroxylation sites is 1. The largest absolute Gasteiger partial charge is 0.494 e. The Balaban J connectivity index is 2.05. The summed E-state index contributed by atoms with van der Waals surface area (Å²) in [6.45, 7) is 7.77. The summed E-state index contributed by atoms with van der Waals surface area (Å²) in [6, 6.07) is 10.5. The molecule has 1 unspecified atom stereocenters. The van der Waals surface area contributed by atoms with Gasteiger partial charge in [-0.25, -0.2) is 0 Å². The van der Waals surface area contributed by atoms with Gasteiger partial charge in [-0.1, -0.05) is 18.2 Å². The summed E-state index contributed by atoms with van der Waals surface area (Å²) in [5.41, 5.74) is 3.68. The summed E-state index contributed by atoms with van der Waals surface area (Å²) in [4.78, 5) is 4.18. The van der Waals surface area contributed by atoms with E-state index in [9.17, 15) is 0 Å². The van der Waals surface area contributed by atoms with E-state index < -0.39 is 0 Å². The summed E-state index contributed by atoms with van der Waals surface area (Å²) in [5.74, 6) is 0.956. The molecule has 1 aromatic heterocycles. The molecule has 3 nitrogen and oxygen atoms in total. The third-order valence-corrected chi connectivity index (χ3v) is 3.43. The number of pyridine rings is 1. The van der Waals surface area contributed by atoms with Crippen molar-refractivity contribution in [3.05, 3.63) is 59.4 Å². The van der Waals surface area contributed by atoms with Crippen LogP contribution in [0.3, 0.4) is 0 Å². The standard InChI is InChI=1S/C17H22N2O/c1-4-20-17-8-6-5-7-16(17)14(3)19-12-15-11-18-10-9-13(15)2/h5-11,14,19H,4,12H2,1-3H3. The van der Waals surface area contributed by atoms with Gasteiger partial charge in [-0.15, -0.1) is 0 Å². The lowest BCUT2D eigenvalue weighted by molar-refractivity contribution is 0.332. The predicted octanol–water partition coefficient (Wildman–Crippen LogP) is 3.64. The van der Waals surface area contributed by atoms with Gasteiger partial charge in [0.05, 0.1) is 6.61 Å². The van der Waals surface area contributed by atoms with E-state index >= 15 is 0 Å². The minimum Gasteiger partial charge on any atom is -0.494 e. The minimum absolute atomic E-state index is 0.234.